The molecule has 0 bridgehead atoms. The molecule has 5 rings (SSSR count). The van der Waals surface area contributed by atoms with Crippen LogP contribution in [0.3, 0.4) is 0 Å². The first-order valence-corrected chi connectivity index (χ1v) is 11.3. The zero-order valence-electron chi connectivity index (χ0n) is 19.5. The third-order valence-corrected chi connectivity index (χ3v) is 7.01. The van der Waals surface area contributed by atoms with Crippen LogP contribution in [0.2, 0.25) is 0 Å². The molecule has 0 saturated carbocycles. The Bertz CT molecular complexity index is 1290. The highest BCUT2D eigenvalue weighted by Gasteiger charge is 2.31. The van der Waals surface area contributed by atoms with Crippen LogP contribution in [0.1, 0.15) is 51.4 Å². The Morgan fingerprint density at radius 1 is 1.21 bits per heavy atom. The summed E-state index contributed by atoms with van der Waals surface area (Å²) in [5, 5.41) is 3.66. The van der Waals surface area contributed by atoms with Gasteiger partial charge in [0.15, 0.2) is 0 Å². The zero-order valence-corrected chi connectivity index (χ0v) is 19.5. The average molecular weight is 448 g/mol. The number of carbonyl (C=O) groups excluding carboxylic acids is 1. The van der Waals surface area contributed by atoms with Gasteiger partial charge in [-0.2, -0.15) is 0 Å². The fraction of sp³-hybridized carbons (Fsp3) is 0.400. The number of benzene rings is 1. The number of imidazole rings is 1. The molecule has 8 heteroatoms. The van der Waals surface area contributed by atoms with E-state index in [1.807, 2.05) is 44.4 Å². The number of ether oxygens (including phenoxy) is 1. The van der Waals surface area contributed by atoms with Crippen molar-refractivity contribution in [2.45, 2.75) is 46.0 Å². The lowest BCUT2D eigenvalue weighted by Crippen LogP contribution is -2.51. The molecule has 0 radical (unpaired) electrons. The summed E-state index contributed by atoms with van der Waals surface area (Å²) < 4.78 is 8.64. The summed E-state index contributed by atoms with van der Waals surface area (Å²) in [6, 6.07) is 8.17. The van der Waals surface area contributed by atoms with E-state index in [4.69, 9.17) is 4.74 Å². The molecule has 3 aromatic rings. The number of nitrogens with zero attached hydrogens (tertiary/aromatic N) is 4. The quantitative estimate of drug-likeness (QED) is 0.619. The molecule has 1 saturated heterocycles. The normalized spacial score (nSPS) is 20.7. The van der Waals surface area contributed by atoms with E-state index >= 15 is 0 Å². The van der Waals surface area contributed by atoms with Gasteiger partial charge >= 0.3 is 11.7 Å². The number of cyclic esters (lactones) is 1. The molecule has 2 aliphatic rings. The van der Waals surface area contributed by atoms with Crippen LogP contribution < -0.4 is 11.0 Å². The van der Waals surface area contributed by atoms with Gasteiger partial charge in [0.2, 0.25) is 0 Å². The van der Waals surface area contributed by atoms with Gasteiger partial charge in [-0.05, 0) is 50.1 Å². The molecule has 2 aliphatic heterocycles. The summed E-state index contributed by atoms with van der Waals surface area (Å²) in [5.74, 6) is -0.235. The lowest BCUT2D eigenvalue weighted by molar-refractivity contribution is 0.0535. The number of fused-ring (bicyclic) bond motifs is 1. The van der Waals surface area contributed by atoms with E-state index in [1.165, 1.54) is 5.56 Å². The van der Waals surface area contributed by atoms with Crippen molar-refractivity contribution < 1.29 is 9.53 Å². The Kier molecular flexibility index (Phi) is 5.42. The maximum absolute atomic E-state index is 12.9. The predicted octanol–water partition coefficient (Wildman–Crippen LogP) is 2.39. The highest BCUT2D eigenvalue weighted by molar-refractivity contribution is 5.94. The average Bonchev–Trinajstić information content (AvgIpc) is 3.31. The lowest BCUT2D eigenvalue weighted by atomic mass is 9.92. The summed E-state index contributed by atoms with van der Waals surface area (Å²) in [5.41, 5.74) is 6.60. The Balaban J connectivity index is 1.40. The second kappa shape index (κ2) is 8.28. The molecule has 2 atom stereocenters. The van der Waals surface area contributed by atoms with E-state index in [1.54, 1.807) is 15.3 Å². The van der Waals surface area contributed by atoms with Crippen LogP contribution in [0.4, 0.5) is 0 Å². The zero-order chi connectivity index (χ0) is 23.3. The number of aryl methyl sites for hydroxylation is 1. The second-order valence-corrected chi connectivity index (χ2v) is 9.11. The van der Waals surface area contributed by atoms with Gasteiger partial charge in [0.1, 0.15) is 6.61 Å². The smallest absolute Gasteiger partial charge is 0.338 e. The van der Waals surface area contributed by atoms with Crippen molar-refractivity contribution in [3.05, 3.63) is 80.8 Å². The third-order valence-electron chi connectivity index (χ3n) is 7.01. The van der Waals surface area contributed by atoms with Gasteiger partial charge in [0.25, 0.3) is 0 Å². The minimum Gasteiger partial charge on any atom is -0.457 e. The molecule has 0 spiro atoms. The first kappa shape index (κ1) is 21.6. The van der Waals surface area contributed by atoms with Crippen molar-refractivity contribution in [1.82, 2.24) is 24.3 Å². The summed E-state index contributed by atoms with van der Waals surface area (Å²) >= 11 is 0. The summed E-state index contributed by atoms with van der Waals surface area (Å²) in [4.78, 5) is 31.5. The van der Waals surface area contributed by atoms with Crippen molar-refractivity contribution in [2.24, 2.45) is 7.05 Å². The van der Waals surface area contributed by atoms with Crippen LogP contribution in [0.15, 0.2) is 41.5 Å². The first-order chi connectivity index (χ1) is 15.8. The van der Waals surface area contributed by atoms with Crippen molar-refractivity contribution in [3.63, 3.8) is 0 Å². The fourth-order valence-electron chi connectivity index (χ4n) is 4.89. The van der Waals surface area contributed by atoms with E-state index in [2.05, 4.69) is 29.0 Å². The van der Waals surface area contributed by atoms with E-state index in [9.17, 15) is 9.59 Å². The second-order valence-electron chi connectivity index (χ2n) is 9.11. The monoisotopic (exact) mass is 447 g/mol. The summed E-state index contributed by atoms with van der Waals surface area (Å²) in [6.45, 7) is 8.87. The number of piperazine rings is 1. The highest BCUT2D eigenvalue weighted by atomic mass is 16.5. The molecular weight excluding hydrogens is 418 g/mol. The maximum Gasteiger partial charge on any atom is 0.338 e. The van der Waals surface area contributed by atoms with E-state index in [0.717, 1.165) is 41.3 Å². The number of pyridine rings is 1. The van der Waals surface area contributed by atoms with Crippen LogP contribution in [0, 0.1) is 13.8 Å². The third kappa shape index (κ3) is 3.79. The minimum absolute atomic E-state index is 0.0610. The van der Waals surface area contributed by atoms with Crippen molar-refractivity contribution in [1.29, 1.82) is 0 Å². The number of esters is 1. The number of rotatable bonds is 4. The molecule has 172 valence electrons. The molecule has 0 amide bonds. The van der Waals surface area contributed by atoms with Gasteiger partial charge in [-0.15, -0.1) is 0 Å². The Morgan fingerprint density at radius 2 is 2.03 bits per heavy atom. The van der Waals surface area contributed by atoms with Crippen molar-refractivity contribution in [2.75, 3.05) is 13.1 Å². The number of nitrogens with one attached hydrogen (secondary N) is 1. The Hall–Kier alpha value is -3.23. The molecule has 4 heterocycles. The lowest BCUT2D eigenvalue weighted by Gasteiger charge is -2.39. The number of hydrogen-bond acceptors (Lipinski definition) is 6. The van der Waals surface area contributed by atoms with Crippen LogP contribution >= 0.6 is 0 Å². The molecule has 1 aromatic carbocycles. The topological polar surface area (TPSA) is 81.4 Å². The fourth-order valence-corrected chi connectivity index (χ4v) is 4.89. The van der Waals surface area contributed by atoms with Crippen LogP contribution in [-0.2, 0) is 24.9 Å². The van der Waals surface area contributed by atoms with Crippen molar-refractivity contribution >= 4 is 5.97 Å². The predicted molar refractivity (Wildman–Crippen MR) is 124 cm³/mol. The molecule has 1 fully saturated rings. The van der Waals surface area contributed by atoms with E-state index < -0.39 is 0 Å². The summed E-state index contributed by atoms with van der Waals surface area (Å²) in [7, 11) is 1.83. The molecule has 2 unspecified atom stereocenters. The number of aromatic nitrogens is 3. The molecular formula is C25H29N5O3. The van der Waals surface area contributed by atoms with Gasteiger partial charge in [-0.25, -0.2) is 9.59 Å². The molecule has 2 aromatic heterocycles. The molecule has 0 aliphatic carbocycles. The van der Waals surface area contributed by atoms with E-state index in [0.29, 0.717) is 24.8 Å². The van der Waals surface area contributed by atoms with Crippen molar-refractivity contribution in [3.8, 4) is 5.69 Å². The minimum atomic E-state index is -0.235. The van der Waals surface area contributed by atoms with Crippen LogP contribution in [0.25, 0.3) is 5.69 Å². The standard InChI is InChI=1S/C25H29N5O3/c1-15-9-18(7-8-26-15)30-12-19(28(4)25(30)32)11-29-13-23(27-10-16(29)2)20-5-6-21-22(17(20)3)14-33-24(21)31/h5-9,12,16,23,27H,10-11,13-14H2,1-4H3. The number of hydrogen-bond donors (Lipinski definition) is 1. The van der Waals surface area contributed by atoms with Gasteiger partial charge in [0.05, 0.1) is 16.9 Å². The number of carbonyl (C=O) groups is 1. The largest absolute Gasteiger partial charge is 0.457 e. The summed E-state index contributed by atoms with van der Waals surface area (Å²) in [6.07, 6.45) is 3.66. The highest BCUT2D eigenvalue weighted by Crippen LogP contribution is 2.31. The van der Waals surface area contributed by atoms with Gasteiger partial charge in [-0.1, -0.05) is 6.07 Å². The van der Waals surface area contributed by atoms with E-state index in [-0.39, 0.29) is 17.7 Å². The SMILES string of the molecule is Cc1cc(-n2cc(CN3CC(c4ccc5c(c4C)COC5=O)NCC3C)n(C)c2=O)ccn1. The van der Waals surface area contributed by atoms with Gasteiger partial charge in [-0.3, -0.25) is 19.0 Å². The van der Waals surface area contributed by atoms with Gasteiger partial charge < -0.3 is 10.1 Å². The molecule has 1 N–H and O–H groups in total. The Morgan fingerprint density at radius 3 is 2.82 bits per heavy atom. The molecule has 33 heavy (non-hydrogen) atoms. The van der Waals surface area contributed by atoms with Crippen LogP contribution in [0.5, 0.6) is 0 Å². The maximum atomic E-state index is 12.9. The van der Waals surface area contributed by atoms with Gasteiger partial charge in [0, 0.05) is 62.4 Å². The Labute approximate surface area is 192 Å². The molecule has 8 nitrogen and oxygen atoms in total. The van der Waals surface area contributed by atoms with Crippen LogP contribution in [-0.4, -0.2) is 44.1 Å². The first-order valence-electron chi connectivity index (χ1n) is 11.3.